The van der Waals surface area contributed by atoms with Crippen molar-refractivity contribution in [2.45, 2.75) is 31.3 Å². The number of hydrogen-bond acceptors (Lipinski definition) is 2. The Bertz CT molecular complexity index is 341. The molecule has 0 spiro atoms. The molecule has 0 amide bonds. The average Bonchev–Trinajstić information content (AvgIpc) is 2.81. The molecule has 1 fully saturated rings. The lowest BCUT2D eigenvalue weighted by Gasteiger charge is -2.19. The molecule has 0 aromatic carbocycles. The summed E-state index contributed by atoms with van der Waals surface area (Å²) in [7, 11) is 0. The van der Waals surface area contributed by atoms with E-state index in [1.807, 2.05) is 0 Å². The Labute approximate surface area is 92.9 Å². The van der Waals surface area contributed by atoms with Crippen LogP contribution in [0.25, 0.3) is 0 Å². The maximum atomic E-state index is 9.67. The first-order chi connectivity index (χ1) is 6.54. The molecule has 1 heterocycles. The molecule has 0 bridgehead atoms. The molecular weight excluding hydrogens is 221 g/mol. The molecule has 1 aromatic rings. The molecule has 1 N–H and O–H groups in total. The van der Waals surface area contributed by atoms with Gasteiger partial charge >= 0.3 is 0 Å². The van der Waals surface area contributed by atoms with Gasteiger partial charge in [0.05, 0.1) is 6.10 Å². The maximum Gasteiger partial charge on any atom is 0.131 e. The fourth-order valence-corrected chi connectivity index (χ4v) is 2.30. The quantitative estimate of drug-likeness (QED) is 0.795. The third-order valence-corrected chi connectivity index (χ3v) is 3.31. The zero-order chi connectivity index (χ0) is 10.3. The van der Waals surface area contributed by atoms with E-state index in [4.69, 9.17) is 23.2 Å². The van der Waals surface area contributed by atoms with E-state index < -0.39 is 0 Å². The van der Waals surface area contributed by atoms with Crippen LogP contribution in [0.3, 0.4) is 0 Å². The fourth-order valence-electron chi connectivity index (χ4n) is 1.83. The lowest BCUT2D eigenvalue weighted by Crippen LogP contribution is -2.22. The first kappa shape index (κ1) is 10.2. The molecule has 0 aliphatic heterocycles. The highest BCUT2D eigenvalue weighted by atomic mass is 35.5. The minimum atomic E-state index is -0.364. The molecule has 1 saturated carbocycles. The lowest BCUT2D eigenvalue weighted by atomic mass is 9.92. The summed E-state index contributed by atoms with van der Waals surface area (Å²) in [6.45, 7) is 1.80. The number of aliphatic hydroxyl groups is 1. The molecule has 76 valence electrons. The minimum absolute atomic E-state index is 0.129. The fraction of sp³-hybridized carbons (Fsp3) is 0.500. The SMILES string of the molecule is CC(O)C1(c2cc(Cl)nc(Cl)c2)CC1. The van der Waals surface area contributed by atoms with Crippen molar-refractivity contribution in [3.05, 3.63) is 28.0 Å². The number of aromatic nitrogens is 1. The van der Waals surface area contributed by atoms with Gasteiger partial charge in [0, 0.05) is 5.41 Å². The number of rotatable bonds is 2. The van der Waals surface area contributed by atoms with E-state index in [-0.39, 0.29) is 11.5 Å². The summed E-state index contributed by atoms with van der Waals surface area (Å²) in [6.07, 6.45) is 1.61. The predicted molar refractivity (Wildman–Crippen MR) is 56.8 cm³/mol. The molecule has 2 rings (SSSR count). The van der Waals surface area contributed by atoms with Crippen LogP contribution in [0, 0.1) is 0 Å². The van der Waals surface area contributed by atoms with Crippen LogP contribution in [0.5, 0.6) is 0 Å². The summed E-state index contributed by atoms with van der Waals surface area (Å²) >= 11 is 11.6. The van der Waals surface area contributed by atoms with Gasteiger partial charge in [0.15, 0.2) is 0 Å². The Hall–Kier alpha value is -0.310. The van der Waals surface area contributed by atoms with E-state index in [1.54, 1.807) is 19.1 Å². The Balaban J connectivity index is 2.42. The lowest BCUT2D eigenvalue weighted by molar-refractivity contribution is 0.150. The zero-order valence-electron chi connectivity index (χ0n) is 7.80. The summed E-state index contributed by atoms with van der Waals surface area (Å²) in [5.41, 5.74) is 0.869. The van der Waals surface area contributed by atoms with Crippen LogP contribution in [0.1, 0.15) is 25.3 Å². The van der Waals surface area contributed by atoms with Gasteiger partial charge in [0.2, 0.25) is 0 Å². The molecule has 1 aromatic heterocycles. The largest absolute Gasteiger partial charge is 0.392 e. The second kappa shape index (κ2) is 3.37. The van der Waals surface area contributed by atoms with Crippen LogP contribution >= 0.6 is 23.2 Å². The molecule has 4 heteroatoms. The van der Waals surface area contributed by atoms with E-state index in [0.29, 0.717) is 10.3 Å². The third-order valence-electron chi connectivity index (χ3n) is 2.93. The number of aliphatic hydroxyl groups excluding tert-OH is 1. The van der Waals surface area contributed by atoms with Gasteiger partial charge in [-0.25, -0.2) is 4.98 Å². The van der Waals surface area contributed by atoms with E-state index >= 15 is 0 Å². The van der Waals surface area contributed by atoms with Crippen LogP contribution in [0.15, 0.2) is 12.1 Å². The van der Waals surface area contributed by atoms with Crippen molar-refractivity contribution >= 4 is 23.2 Å². The number of hydrogen-bond donors (Lipinski definition) is 1. The second-order valence-corrected chi connectivity index (χ2v) is 4.61. The number of halogens is 2. The smallest absolute Gasteiger partial charge is 0.131 e. The molecule has 1 unspecified atom stereocenters. The first-order valence-electron chi connectivity index (χ1n) is 4.56. The zero-order valence-corrected chi connectivity index (χ0v) is 9.31. The summed E-state index contributed by atoms with van der Waals surface area (Å²) in [5.74, 6) is 0. The van der Waals surface area contributed by atoms with E-state index in [2.05, 4.69) is 4.98 Å². The van der Waals surface area contributed by atoms with Crippen molar-refractivity contribution < 1.29 is 5.11 Å². The van der Waals surface area contributed by atoms with Crippen molar-refractivity contribution in [3.8, 4) is 0 Å². The van der Waals surface area contributed by atoms with Crippen molar-refractivity contribution in [1.29, 1.82) is 0 Å². The van der Waals surface area contributed by atoms with Gasteiger partial charge in [0.25, 0.3) is 0 Å². The molecular formula is C10H11Cl2NO. The van der Waals surface area contributed by atoms with Crippen LogP contribution in [-0.4, -0.2) is 16.2 Å². The number of pyridine rings is 1. The standard InChI is InChI=1S/C10H11Cl2NO/c1-6(14)10(2-3-10)7-4-8(11)13-9(12)5-7/h4-6,14H,2-3H2,1H3. The van der Waals surface area contributed by atoms with Gasteiger partial charge in [0.1, 0.15) is 10.3 Å². The highest BCUT2D eigenvalue weighted by molar-refractivity contribution is 6.32. The highest BCUT2D eigenvalue weighted by Crippen LogP contribution is 2.51. The van der Waals surface area contributed by atoms with E-state index in [1.165, 1.54) is 0 Å². The molecule has 14 heavy (non-hydrogen) atoms. The molecule has 1 aliphatic carbocycles. The summed E-state index contributed by atoms with van der Waals surface area (Å²) in [4.78, 5) is 3.88. The second-order valence-electron chi connectivity index (χ2n) is 3.83. The van der Waals surface area contributed by atoms with Crippen molar-refractivity contribution in [1.82, 2.24) is 4.98 Å². The summed E-state index contributed by atoms with van der Waals surface area (Å²) < 4.78 is 0. The Morgan fingerprint density at radius 2 is 1.86 bits per heavy atom. The van der Waals surface area contributed by atoms with Crippen LogP contribution < -0.4 is 0 Å². The van der Waals surface area contributed by atoms with Gasteiger partial charge in [-0.3, -0.25) is 0 Å². The molecule has 0 radical (unpaired) electrons. The maximum absolute atomic E-state index is 9.67. The minimum Gasteiger partial charge on any atom is -0.392 e. The van der Waals surface area contributed by atoms with Gasteiger partial charge in [-0.15, -0.1) is 0 Å². The van der Waals surface area contributed by atoms with Gasteiger partial charge in [-0.2, -0.15) is 0 Å². The number of nitrogens with zero attached hydrogens (tertiary/aromatic N) is 1. The molecule has 1 atom stereocenters. The summed E-state index contributed by atoms with van der Waals surface area (Å²) in [5, 5.41) is 10.4. The highest BCUT2D eigenvalue weighted by Gasteiger charge is 2.48. The van der Waals surface area contributed by atoms with Crippen molar-refractivity contribution in [2.75, 3.05) is 0 Å². The van der Waals surface area contributed by atoms with Gasteiger partial charge in [-0.05, 0) is 37.5 Å². The monoisotopic (exact) mass is 231 g/mol. The van der Waals surface area contributed by atoms with E-state index in [0.717, 1.165) is 18.4 Å². The normalized spacial score (nSPS) is 20.6. The van der Waals surface area contributed by atoms with Gasteiger partial charge < -0.3 is 5.11 Å². The van der Waals surface area contributed by atoms with E-state index in [9.17, 15) is 5.11 Å². The Morgan fingerprint density at radius 1 is 1.36 bits per heavy atom. The third kappa shape index (κ3) is 1.62. The van der Waals surface area contributed by atoms with Crippen LogP contribution in [0.2, 0.25) is 10.3 Å². The Kier molecular flexibility index (Phi) is 2.46. The van der Waals surface area contributed by atoms with Crippen molar-refractivity contribution in [3.63, 3.8) is 0 Å². The predicted octanol–water partition coefficient (Wildman–Crippen LogP) is 2.80. The molecule has 0 saturated heterocycles. The molecule has 1 aliphatic rings. The average molecular weight is 232 g/mol. The summed E-state index contributed by atoms with van der Waals surface area (Å²) in [6, 6.07) is 3.57. The first-order valence-corrected chi connectivity index (χ1v) is 5.32. The van der Waals surface area contributed by atoms with Gasteiger partial charge in [-0.1, -0.05) is 23.2 Å². The van der Waals surface area contributed by atoms with Crippen LogP contribution in [0.4, 0.5) is 0 Å². The van der Waals surface area contributed by atoms with Crippen molar-refractivity contribution in [2.24, 2.45) is 0 Å². The Morgan fingerprint density at radius 3 is 2.21 bits per heavy atom. The van der Waals surface area contributed by atoms with Crippen LogP contribution in [-0.2, 0) is 5.41 Å². The molecule has 2 nitrogen and oxygen atoms in total. The topological polar surface area (TPSA) is 33.1 Å².